The van der Waals surface area contributed by atoms with E-state index >= 15 is 0 Å². The molecule has 3 nitrogen and oxygen atoms in total. The molecule has 1 unspecified atom stereocenters. The van der Waals surface area contributed by atoms with Crippen molar-refractivity contribution in [1.29, 1.82) is 5.26 Å². The highest BCUT2D eigenvalue weighted by Gasteiger charge is 2.19. The fourth-order valence-electron chi connectivity index (χ4n) is 2.10. The number of hydrogen-bond donors (Lipinski definition) is 1. The summed E-state index contributed by atoms with van der Waals surface area (Å²) in [5.74, 6) is 0.927. The van der Waals surface area contributed by atoms with E-state index in [4.69, 9.17) is 10.00 Å². The molecule has 3 heteroatoms. The van der Waals surface area contributed by atoms with Gasteiger partial charge in [-0.3, -0.25) is 0 Å². The maximum Gasteiger partial charge on any atom is 0.123 e. The Kier molecular flexibility index (Phi) is 6.04. The molecule has 0 radical (unpaired) electrons. The topological polar surface area (TPSA) is 45.0 Å². The number of aryl methyl sites for hydroxylation is 1. The zero-order valence-corrected chi connectivity index (χ0v) is 13.3. The summed E-state index contributed by atoms with van der Waals surface area (Å²) in [6, 6.07) is 8.40. The molecule has 0 aliphatic rings. The van der Waals surface area contributed by atoms with E-state index in [0.717, 1.165) is 12.3 Å². The Bertz CT molecular complexity index is 469. The first-order chi connectivity index (χ1) is 9.38. The monoisotopic (exact) mass is 274 g/mol. The molecule has 0 saturated carbocycles. The summed E-state index contributed by atoms with van der Waals surface area (Å²) in [5.41, 5.74) is 2.51. The van der Waals surface area contributed by atoms with E-state index in [2.05, 4.69) is 51.2 Å². The van der Waals surface area contributed by atoms with Gasteiger partial charge in [0.25, 0.3) is 0 Å². The van der Waals surface area contributed by atoms with Crippen molar-refractivity contribution in [3.05, 3.63) is 29.3 Å². The largest absolute Gasteiger partial charge is 0.493 e. The molecule has 0 fully saturated rings. The van der Waals surface area contributed by atoms with E-state index in [-0.39, 0.29) is 11.5 Å². The van der Waals surface area contributed by atoms with Crippen molar-refractivity contribution in [3.63, 3.8) is 0 Å². The summed E-state index contributed by atoms with van der Waals surface area (Å²) in [4.78, 5) is 0. The molecule has 0 saturated heterocycles. The van der Waals surface area contributed by atoms with Crippen LogP contribution in [0.5, 0.6) is 5.75 Å². The third kappa shape index (κ3) is 4.86. The average Bonchev–Trinajstić information content (AvgIpc) is 2.38. The fourth-order valence-corrected chi connectivity index (χ4v) is 2.10. The van der Waals surface area contributed by atoms with Gasteiger partial charge in [0.2, 0.25) is 0 Å². The Morgan fingerprint density at radius 2 is 2.05 bits per heavy atom. The minimum absolute atomic E-state index is 0.0532. The smallest absolute Gasteiger partial charge is 0.123 e. The van der Waals surface area contributed by atoms with E-state index in [9.17, 15) is 0 Å². The second kappa shape index (κ2) is 7.31. The van der Waals surface area contributed by atoms with Crippen molar-refractivity contribution in [2.75, 3.05) is 13.2 Å². The Morgan fingerprint density at radius 1 is 1.35 bits per heavy atom. The molecule has 1 aromatic carbocycles. The number of benzene rings is 1. The molecule has 0 aliphatic heterocycles. The number of nitriles is 1. The highest BCUT2D eigenvalue weighted by atomic mass is 16.5. The molecule has 1 aromatic rings. The van der Waals surface area contributed by atoms with Gasteiger partial charge in [-0.05, 0) is 30.5 Å². The van der Waals surface area contributed by atoms with Crippen molar-refractivity contribution in [2.24, 2.45) is 0 Å². The quantitative estimate of drug-likeness (QED) is 0.862. The van der Waals surface area contributed by atoms with Crippen LogP contribution in [0, 0.1) is 18.3 Å². The number of nitrogens with one attached hydrogen (secondary N) is 1. The number of nitrogens with zero attached hydrogens (tertiary/aromatic N) is 1. The highest BCUT2D eigenvalue weighted by molar-refractivity contribution is 5.41. The first-order valence-corrected chi connectivity index (χ1v) is 7.25. The molecule has 110 valence electrons. The van der Waals surface area contributed by atoms with Crippen LogP contribution in [0.2, 0.25) is 0 Å². The van der Waals surface area contributed by atoms with E-state index in [0.29, 0.717) is 13.0 Å². The fraction of sp³-hybridized carbons (Fsp3) is 0.588. The number of rotatable bonds is 6. The van der Waals surface area contributed by atoms with Crippen molar-refractivity contribution in [3.8, 4) is 11.8 Å². The Morgan fingerprint density at radius 3 is 2.60 bits per heavy atom. The molecule has 0 spiro atoms. The molecule has 0 aliphatic carbocycles. The lowest BCUT2D eigenvalue weighted by Crippen LogP contribution is -2.29. The molecule has 0 aromatic heterocycles. The van der Waals surface area contributed by atoms with Gasteiger partial charge in [-0.1, -0.05) is 45.4 Å². The summed E-state index contributed by atoms with van der Waals surface area (Å²) >= 11 is 0. The van der Waals surface area contributed by atoms with Crippen molar-refractivity contribution in [2.45, 2.75) is 52.5 Å². The average molecular weight is 274 g/mol. The van der Waals surface area contributed by atoms with Crippen LogP contribution in [0.1, 0.15) is 45.2 Å². The van der Waals surface area contributed by atoms with Gasteiger partial charge in [0.15, 0.2) is 0 Å². The standard InChI is InChI=1S/C17H26N2O/c1-6-19-14(12-18)9-10-20-16-8-7-13(2)11-15(16)17(3,4)5/h7-8,11,14,19H,6,9-10H2,1-5H3. The van der Waals surface area contributed by atoms with Crippen LogP contribution >= 0.6 is 0 Å². The van der Waals surface area contributed by atoms with Gasteiger partial charge in [-0.25, -0.2) is 0 Å². The van der Waals surface area contributed by atoms with Crippen LogP contribution in [-0.4, -0.2) is 19.2 Å². The van der Waals surface area contributed by atoms with Crippen molar-refractivity contribution in [1.82, 2.24) is 5.32 Å². The summed E-state index contributed by atoms with van der Waals surface area (Å²) in [7, 11) is 0. The van der Waals surface area contributed by atoms with Gasteiger partial charge in [0.05, 0.1) is 18.7 Å². The third-order valence-electron chi connectivity index (χ3n) is 3.21. The summed E-state index contributed by atoms with van der Waals surface area (Å²) in [6.07, 6.45) is 0.696. The molecule has 1 N–H and O–H groups in total. The lowest BCUT2D eigenvalue weighted by molar-refractivity contribution is 0.291. The van der Waals surface area contributed by atoms with Crippen LogP contribution in [0.25, 0.3) is 0 Å². The lowest BCUT2D eigenvalue weighted by Gasteiger charge is -2.23. The molecular formula is C17H26N2O. The minimum atomic E-state index is -0.136. The molecule has 1 rings (SSSR count). The van der Waals surface area contributed by atoms with Crippen molar-refractivity contribution >= 4 is 0 Å². The van der Waals surface area contributed by atoms with Crippen molar-refractivity contribution < 1.29 is 4.74 Å². The zero-order valence-electron chi connectivity index (χ0n) is 13.3. The second-order valence-electron chi connectivity index (χ2n) is 6.13. The van der Waals surface area contributed by atoms with Crippen LogP contribution in [-0.2, 0) is 5.41 Å². The Labute approximate surface area is 123 Å². The van der Waals surface area contributed by atoms with E-state index in [1.807, 2.05) is 13.0 Å². The van der Waals surface area contributed by atoms with E-state index in [1.54, 1.807) is 0 Å². The van der Waals surface area contributed by atoms with Crippen LogP contribution in [0.4, 0.5) is 0 Å². The van der Waals surface area contributed by atoms with Gasteiger partial charge >= 0.3 is 0 Å². The van der Waals surface area contributed by atoms with Crippen LogP contribution in [0.3, 0.4) is 0 Å². The number of ether oxygens (including phenoxy) is 1. The predicted molar refractivity (Wildman–Crippen MR) is 83.1 cm³/mol. The summed E-state index contributed by atoms with van der Waals surface area (Å²) in [6.45, 7) is 12.0. The maximum absolute atomic E-state index is 9.01. The first kappa shape index (κ1) is 16.5. The third-order valence-corrected chi connectivity index (χ3v) is 3.21. The first-order valence-electron chi connectivity index (χ1n) is 7.25. The second-order valence-corrected chi connectivity index (χ2v) is 6.13. The minimum Gasteiger partial charge on any atom is -0.493 e. The molecule has 20 heavy (non-hydrogen) atoms. The van der Waals surface area contributed by atoms with Gasteiger partial charge in [0, 0.05) is 6.42 Å². The van der Waals surface area contributed by atoms with E-state index in [1.165, 1.54) is 11.1 Å². The molecule has 0 amide bonds. The van der Waals surface area contributed by atoms with Crippen LogP contribution < -0.4 is 10.1 Å². The molecule has 1 atom stereocenters. The van der Waals surface area contributed by atoms with E-state index < -0.39 is 0 Å². The molecule has 0 heterocycles. The van der Waals surface area contributed by atoms with Gasteiger partial charge < -0.3 is 10.1 Å². The SMILES string of the molecule is CCNC(C#N)CCOc1ccc(C)cc1C(C)(C)C. The summed E-state index contributed by atoms with van der Waals surface area (Å²) < 4.78 is 5.91. The Balaban J connectivity index is 2.71. The Hall–Kier alpha value is -1.53. The highest BCUT2D eigenvalue weighted by Crippen LogP contribution is 2.32. The van der Waals surface area contributed by atoms with Gasteiger partial charge in [-0.15, -0.1) is 0 Å². The van der Waals surface area contributed by atoms with Gasteiger partial charge in [0.1, 0.15) is 5.75 Å². The molecular weight excluding hydrogens is 248 g/mol. The van der Waals surface area contributed by atoms with Crippen LogP contribution in [0.15, 0.2) is 18.2 Å². The molecule has 0 bridgehead atoms. The number of hydrogen-bond acceptors (Lipinski definition) is 3. The lowest BCUT2D eigenvalue weighted by atomic mass is 9.85. The normalized spacial score (nSPS) is 12.8. The predicted octanol–water partition coefficient (Wildman–Crippen LogP) is 3.56. The van der Waals surface area contributed by atoms with Gasteiger partial charge in [-0.2, -0.15) is 5.26 Å². The summed E-state index contributed by atoms with van der Waals surface area (Å²) in [5, 5.41) is 12.1. The maximum atomic E-state index is 9.01. The zero-order chi connectivity index (χ0) is 15.2.